The van der Waals surface area contributed by atoms with Gasteiger partial charge in [0.2, 0.25) is 0 Å². The lowest BCUT2D eigenvalue weighted by molar-refractivity contribution is 0.590. The number of nitrogens with zero attached hydrogens (tertiary/aromatic N) is 1. The van der Waals surface area contributed by atoms with Gasteiger partial charge in [-0.05, 0) is 47.7 Å². The van der Waals surface area contributed by atoms with E-state index in [0.717, 1.165) is 16.3 Å². The Balaban J connectivity index is 2.20. The number of aromatic nitrogens is 1. The first-order chi connectivity index (χ1) is 9.38. The van der Waals surface area contributed by atoms with Crippen LogP contribution in [0.15, 0.2) is 46.3 Å². The molecule has 2 N–H and O–H groups in total. The smallest absolute Gasteiger partial charge is 0.101 e. The van der Waals surface area contributed by atoms with Gasteiger partial charge in [-0.15, -0.1) is 0 Å². The van der Waals surface area contributed by atoms with Crippen molar-refractivity contribution in [3.63, 3.8) is 0 Å². The van der Waals surface area contributed by atoms with Crippen molar-refractivity contribution in [3.8, 4) is 0 Å². The average Bonchev–Trinajstić information content (AvgIpc) is 2.37. The topological polar surface area (TPSA) is 38.9 Å². The van der Waals surface area contributed by atoms with Gasteiger partial charge >= 0.3 is 0 Å². The molecule has 106 valence electrons. The molecule has 20 heavy (non-hydrogen) atoms. The van der Waals surface area contributed by atoms with Crippen molar-refractivity contribution in [2.24, 2.45) is 5.73 Å². The number of rotatable bonds is 3. The predicted octanol–water partition coefficient (Wildman–Crippen LogP) is 4.30. The number of benzene rings is 1. The molecule has 0 saturated carbocycles. The number of pyridine rings is 1. The molecule has 0 saturated heterocycles. The van der Waals surface area contributed by atoms with Gasteiger partial charge in [0.05, 0.1) is 0 Å². The Hall–Kier alpha value is -1.32. The fourth-order valence-corrected chi connectivity index (χ4v) is 2.93. The minimum atomic E-state index is 0.192. The minimum absolute atomic E-state index is 0.192. The molecule has 0 fully saturated rings. The highest BCUT2D eigenvalue weighted by atomic mass is 32.2. The average molecular weight is 286 g/mol. The lowest BCUT2D eigenvalue weighted by Crippen LogP contribution is -2.10. The van der Waals surface area contributed by atoms with E-state index in [1.807, 2.05) is 13.0 Å². The maximum absolute atomic E-state index is 5.71. The first-order valence-corrected chi connectivity index (χ1v) is 7.66. The molecule has 1 heterocycles. The third-order valence-corrected chi connectivity index (χ3v) is 4.09. The molecule has 0 spiro atoms. The second kappa shape index (κ2) is 5.98. The fraction of sp³-hybridized carbons (Fsp3) is 0.353. The Morgan fingerprint density at radius 1 is 1.10 bits per heavy atom. The van der Waals surface area contributed by atoms with E-state index in [4.69, 9.17) is 5.73 Å². The predicted molar refractivity (Wildman–Crippen MR) is 86.1 cm³/mol. The minimum Gasteiger partial charge on any atom is -0.326 e. The van der Waals surface area contributed by atoms with Gasteiger partial charge in [-0.25, -0.2) is 4.98 Å². The van der Waals surface area contributed by atoms with E-state index in [0.29, 0.717) is 6.54 Å². The van der Waals surface area contributed by atoms with Crippen molar-refractivity contribution in [1.29, 1.82) is 0 Å². The third-order valence-electron chi connectivity index (χ3n) is 3.17. The summed E-state index contributed by atoms with van der Waals surface area (Å²) in [7, 11) is 0. The SMILES string of the molecule is Cc1cc(CN)cc(Sc2ccc(C(C)(C)C)cc2)n1. The molecule has 0 aliphatic heterocycles. The number of hydrogen-bond donors (Lipinski definition) is 1. The van der Waals surface area contributed by atoms with E-state index in [-0.39, 0.29) is 5.41 Å². The molecule has 0 aliphatic rings. The zero-order valence-electron chi connectivity index (χ0n) is 12.6. The summed E-state index contributed by atoms with van der Waals surface area (Å²) in [4.78, 5) is 5.76. The van der Waals surface area contributed by atoms with Crippen molar-refractivity contribution in [3.05, 3.63) is 53.2 Å². The highest BCUT2D eigenvalue weighted by Gasteiger charge is 2.13. The van der Waals surface area contributed by atoms with Crippen molar-refractivity contribution in [2.45, 2.75) is 49.6 Å². The summed E-state index contributed by atoms with van der Waals surface area (Å²) in [5, 5.41) is 1.01. The molecule has 2 rings (SSSR count). The van der Waals surface area contributed by atoms with Crippen LogP contribution >= 0.6 is 11.8 Å². The highest BCUT2D eigenvalue weighted by molar-refractivity contribution is 7.99. The zero-order valence-corrected chi connectivity index (χ0v) is 13.4. The molecule has 0 aliphatic carbocycles. The molecule has 2 nitrogen and oxygen atoms in total. The van der Waals surface area contributed by atoms with Crippen LogP contribution < -0.4 is 5.73 Å². The van der Waals surface area contributed by atoms with Crippen molar-refractivity contribution in [1.82, 2.24) is 4.98 Å². The fourth-order valence-electron chi connectivity index (χ4n) is 2.02. The van der Waals surface area contributed by atoms with Crippen LogP contribution in [0.25, 0.3) is 0 Å². The molecule has 1 aromatic carbocycles. The van der Waals surface area contributed by atoms with Crippen molar-refractivity contribution < 1.29 is 0 Å². The van der Waals surface area contributed by atoms with Crippen LogP contribution in [0.1, 0.15) is 37.6 Å². The molecular formula is C17H22N2S. The summed E-state index contributed by atoms with van der Waals surface area (Å²) in [6.07, 6.45) is 0. The van der Waals surface area contributed by atoms with Crippen LogP contribution in [-0.4, -0.2) is 4.98 Å². The Morgan fingerprint density at radius 2 is 1.75 bits per heavy atom. The van der Waals surface area contributed by atoms with Gasteiger partial charge in [-0.2, -0.15) is 0 Å². The number of hydrogen-bond acceptors (Lipinski definition) is 3. The van der Waals surface area contributed by atoms with Crippen LogP contribution in [0.2, 0.25) is 0 Å². The second-order valence-electron chi connectivity index (χ2n) is 6.04. The summed E-state index contributed by atoms with van der Waals surface area (Å²) >= 11 is 1.68. The van der Waals surface area contributed by atoms with Crippen LogP contribution in [0.5, 0.6) is 0 Å². The molecule has 0 radical (unpaired) electrons. The monoisotopic (exact) mass is 286 g/mol. The van der Waals surface area contributed by atoms with Gasteiger partial charge in [0.1, 0.15) is 5.03 Å². The Morgan fingerprint density at radius 3 is 2.30 bits per heavy atom. The van der Waals surface area contributed by atoms with Crippen LogP contribution in [-0.2, 0) is 12.0 Å². The summed E-state index contributed by atoms with van der Waals surface area (Å²) in [5.41, 5.74) is 9.40. The molecule has 0 unspecified atom stereocenters. The Bertz CT molecular complexity index is 583. The van der Waals surface area contributed by atoms with Gasteiger partial charge in [0.25, 0.3) is 0 Å². The lowest BCUT2D eigenvalue weighted by atomic mass is 9.87. The molecule has 0 atom stereocenters. The second-order valence-corrected chi connectivity index (χ2v) is 7.13. The van der Waals surface area contributed by atoms with E-state index in [9.17, 15) is 0 Å². The first-order valence-electron chi connectivity index (χ1n) is 6.84. The van der Waals surface area contributed by atoms with Gasteiger partial charge in [-0.1, -0.05) is 44.7 Å². The Kier molecular flexibility index (Phi) is 4.51. The van der Waals surface area contributed by atoms with Gasteiger partial charge in [0, 0.05) is 17.1 Å². The molecule has 0 amide bonds. The van der Waals surface area contributed by atoms with Crippen molar-refractivity contribution in [2.75, 3.05) is 0 Å². The summed E-state index contributed by atoms with van der Waals surface area (Å²) in [5.74, 6) is 0. The summed E-state index contributed by atoms with van der Waals surface area (Å²) in [6.45, 7) is 9.24. The lowest BCUT2D eigenvalue weighted by Gasteiger charge is -2.19. The Labute approximate surface area is 125 Å². The molecule has 0 bridgehead atoms. The van der Waals surface area contributed by atoms with Crippen LogP contribution in [0.4, 0.5) is 0 Å². The zero-order chi connectivity index (χ0) is 14.8. The molecule has 3 heteroatoms. The largest absolute Gasteiger partial charge is 0.326 e. The molecule has 2 aromatic rings. The van der Waals surface area contributed by atoms with Crippen LogP contribution in [0.3, 0.4) is 0 Å². The standard InChI is InChI=1S/C17H22N2S/c1-12-9-13(11-18)10-16(19-12)20-15-7-5-14(6-8-15)17(2,3)4/h5-10H,11,18H2,1-4H3. The highest BCUT2D eigenvalue weighted by Crippen LogP contribution is 2.29. The van der Waals surface area contributed by atoms with E-state index < -0.39 is 0 Å². The summed E-state index contributed by atoms with van der Waals surface area (Å²) in [6, 6.07) is 12.8. The maximum Gasteiger partial charge on any atom is 0.101 e. The third kappa shape index (κ3) is 3.84. The first kappa shape index (κ1) is 15.1. The van der Waals surface area contributed by atoms with E-state index in [1.165, 1.54) is 10.5 Å². The van der Waals surface area contributed by atoms with Gasteiger partial charge in [-0.3, -0.25) is 0 Å². The summed E-state index contributed by atoms with van der Waals surface area (Å²) < 4.78 is 0. The number of aryl methyl sites for hydroxylation is 1. The quantitative estimate of drug-likeness (QED) is 0.914. The van der Waals surface area contributed by atoms with Gasteiger partial charge < -0.3 is 5.73 Å². The van der Waals surface area contributed by atoms with E-state index >= 15 is 0 Å². The van der Waals surface area contributed by atoms with Crippen LogP contribution in [0, 0.1) is 6.92 Å². The maximum atomic E-state index is 5.71. The number of nitrogens with two attached hydrogens (primary N) is 1. The van der Waals surface area contributed by atoms with E-state index in [1.54, 1.807) is 11.8 Å². The molecule has 1 aromatic heterocycles. The van der Waals surface area contributed by atoms with Gasteiger partial charge in [0.15, 0.2) is 0 Å². The van der Waals surface area contributed by atoms with Crippen molar-refractivity contribution >= 4 is 11.8 Å². The van der Waals surface area contributed by atoms with E-state index in [2.05, 4.69) is 56.1 Å². The normalized spacial score (nSPS) is 11.7. The molecular weight excluding hydrogens is 264 g/mol.